The number of hydrogen-bond acceptors (Lipinski definition) is 5. The fourth-order valence-corrected chi connectivity index (χ4v) is 3.98. The molecule has 1 aromatic carbocycles. The van der Waals surface area contributed by atoms with Crippen molar-refractivity contribution < 1.29 is 18.0 Å². The summed E-state index contributed by atoms with van der Waals surface area (Å²) in [7, 11) is 1.92. The fraction of sp³-hybridized carbons (Fsp3) is 0.292. The molecule has 0 atom stereocenters. The van der Waals surface area contributed by atoms with Crippen molar-refractivity contribution in [3.05, 3.63) is 75.9 Å². The Balaban J connectivity index is 1.82. The van der Waals surface area contributed by atoms with Gasteiger partial charge in [-0.05, 0) is 36.9 Å². The minimum atomic E-state index is -0.926. The van der Waals surface area contributed by atoms with Crippen LogP contribution in [0.4, 0.5) is 18.9 Å². The number of hydrogen-bond donors (Lipinski definition) is 0. The first-order valence-electron chi connectivity index (χ1n) is 10.6. The highest BCUT2D eigenvalue weighted by molar-refractivity contribution is 6.08. The summed E-state index contributed by atoms with van der Waals surface area (Å²) in [6, 6.07) is 4.37. The van der Waals surface area contributed by atoms with Crippen molar-refractivity contribution in [3.63, 3.8) is 0 Å². The van der Waals surface area contributed by atoms with Crippen LogP contribution in [0, 0.1) is 11.6 Å². The van der Waals surface area contributed by atoms with Gasteiger partial charge in [0.1, 0.15) is 18.2 Å². The van der Waals surface area contributed by atoms with Gasteiger partial charge in [-0.15, -0.1) is 0 Å². The average Bonchev–Trinajstić information content (AvgIpc) is 2.81. The van der Waals surface area contributed by atoms with E-state index in [4.69, 9.17) is 0 Å². The number of pyridine rings is 2. The summed E-state index contributed by atoms with van der Waals surface area (Å²) >= 11 is 0. The molecule has 0 amide bonds. The Morgan fingerprint density at radius 1 is 1.21 bits per heavy atom. The minimum absolute atomic E-state index is 0.208. The second-order valence-electron chi connectivity index (χ2n) is 7.95. The number of nitrogens with zero attached hydrogens (tertiary/aromatic N) is 4. The summed E-state index contributed by atoms with van der Waals surface area (Å²) in [4.78, 5) is 33.4. The number of rotatable bonds is 6. The molecule has 1 fully saturated rings. The van der Waals surface area contributed by atoms with Gasteiger partial charge >= 0.3 is 0 Å². The minimum Gasteiger partial charge on any atom is -0.364 e. The van der Waals surface area contributed by atoms with Crippen LogP contribution in [0.2, 0.25) is 0 Å². The first-order chi connectivity index (χ1) is 15.9. The van der Waals surface area contributed by atoms with Crippen LogP contribution in [-0.4, -0.2) is 60.1 Å². The Morgan fingerprint density at radius 3 is 2.64 bits per heavy atom. The number of anilines is 1. The van der Waals surface area contributed by atoms with E-state index in [1.165, 1.54) is 22.9 Å². The molecule has 2 aromatic heterocycles. The summed E-state index contributed by atoms with van der Waals surface area (Å²) in [5.41, 5.74) is -0.894. The van der Waals surface area contributed by atoms with E-state index < -0.39 is 29.5 Å². The highest BCUT2D eigenvalue weighted by Crippen LogP contribution is 2.31. The first kappa shape index (κ1) is 22.7. The number of aromatic nitrogens is 2. The van der Waals surface area contributed by atoms with Crippen molar-refractivity contribution in [2.24, 2.45) is 0 Å². The summed E-state index contributed by atoms with van der Waals surface area (Å²) in [6.07, 6.45) is 6.93. The van der Waals surface area contributed by atoms with E-state index in [-0.39, 0.29) is 28.7 Å². The Kier molecular flexibility index (Phi) is 6.60. The van der Waals surface area contributed by atoms with E-state index in [0.29, 0.717) is 31.7 Å². The zero-order chi connectivity index (χ0) is 23.5. The van der Waals surface area contributed by atoms with Crippen LogP contribution < -0.4 is 10.3 Å². The number of alkyl halides is 1. The predicted octanol–water partition coefficient (Wildman–Crippen LogP) is 3.29. The van der Waals surface area contributed by atoms with Gasteiger partial charge in [-0.1, -0.05) is 6.07 Å². The summed E-state index contributed by atoms with van der Waals surface area (Å²) in [6.45, 7) is 0.958. The molecule has 3 aromatic rings. The number of aryl methyl sites for hydroxylation is 1. The summed E-state index contributed by atoms with van der Waals surface area (Å²) < 4.78 is 45.1. The van der Waals surface area contributed by atoms with Gasteiger partial charge in [0.2, 0.25) is 5.43 Å². The number of likely N-dealkylation sites (N-methyl/N-ethyl adjacent to an activating group) is 1. The molecule has 1 aliphatic heterocycles. The lowest BCUT2D eigenvalue weighted by atomic mass is 10.0. The highest BCUT2D eigenvalue weighted by Gasteiger charge is 2.26. The van der Waals surface area contributed by atoms with Crippen molar-refractivity contribution >= 4 is 28.4 Å². The lowest BCUT2D eigenvalue weighted by molar-refractivity contribution is 0.104. The molecule has 3 heterocycles. The molecule has 0 spiro atoms. The summed E-state index contributed by atoms with van der Waals surface area (Å²) in [5, 5.41) is -0.294. The van der Waals surface area contributed by atoms with Crippen LogP contribution in [0.1, 0.15) is 15.9 Å². The normalized spacial score (nSPS) is 15.0. The van der Waals surface area contributed by atoms with Crippen LogP contribution in [0.25, 0.3) is 17.0 Å². The molecule has 33 heavy (non-hydrogen) atoms. The molecular formula is C24H23F3N4O2. The quantitative estimate of drug-likeness (QED) is 0.421. The van der Waals surface area contributed by atoms with Crippen molar-refractivity contribution in [2.45, 2.75) is 6.54 Å². The summed E-state index contributed by atoms with van der Waals surface area (Å²) in [5.74, 6) is -2.46. The van der Waals surface area contributed by atoms with E-state index in [9.17, 15) is 14.0 Å². The van der Waals surface area contributed by atoms with Crippen LogP contribution >= 0.6 is 0 Å². The van der Waals surface area contributed by atoms with Crippen molar-refractivity contribution in [2.75, 3.05) is 44.8 Å². The fourth-order valence-electron chi connectivity index (χ4n) is 3.98. The van der Waals surface area contributed by atoms with Gasteiger partial charge in [0.05, 0.1) is 23.0 Å². The maximum Gasteiger partial charge on any atom is 0.200 e. The second-order valence-corrected chi connectivity index (χ2v) is 7.95. The second kappa shape index (κ2) is 9.58. The molecular weight excluding hydrogens is 433 g/mol. The molecule has 0 aliphatic carbocycles. The molecule has 0 bridgehead atoms. The molecule has 0 unspecified atom stereocenters. The number of fused-ring (bicyclic) bond motifs is 1. The molecule has 1 saturated heterocycles. The van der Waals surface area contributed by atoms with Gasteiger partial charge in [0.15, 0.2) is 11.6 Å². The lowest BCUT2D eigenvalue weighted by Gasteiger charge is -2.34. The van der Waals surface area contributed by atoms with Crippen molar-refractivity contribution in [1.82, 2.24) is 14.5 Å². The smallest absolute Gasteiger partial charge is 0.200 e. The zero-order valence-electron chi connectivity index (χ0n) is 18.1. The molecule has 0 saturated carbocycles. The number of allylic oxidation sites excluding steroid dienone is 1. The molecule has 1 aliphatic rings. The number of benzene rings is 1. The number of carbonyl (C=O) groups is 1. The number of ketones is 1. The zero-order valence-corrected chi connectivity index (χ0v) is 18.1. The Bertz CT molecular complexity index is 1270. The van der Waals surface area contributed by atoms with Gasteiger partial charge in [0, 0.05) is 44.8 Å². The van der Waals surface area contributed by atoms with E-state index in [2.05, 4.69) is 4.98 Å². The van der Waals surface area contributed by atoms with Gasteiger partial charge < -0.3 is 14.4 Å². The maximum atomic E-state index is 15.6. The number of carbonyl (C=O) groups excluding carboxylic acids is 1. The van der Waals surface area contributed by atoms with E-state index >= 15 is 8.78 Å². The molecule has 172 valence electrons. The number of halogens is 3. The van der Waals surface area contributed by atoms with Gasteiger partial charge in [-0.25, -0.2) is 13.2 Å². The number of piperazine rings is 1. The van der Waals surface area contributed by atoms with Crippen molar-refractivity contribution in [3.8, 4) is 0 Å². The molecule has 0 N–H and O–H groups in total. The predicted molar refractivity (Wildman–Crippen MR) is 121 cm³/mol. The third-order valence-corrected chi connectivity index (χ3v) is 5.75. The molecule has 0 radical (unpaired) electrons. The molecule has 6 nitrogen and oxygen atoms in total. The maximum absolute atomic E-state index is 15.6. The van der Waals surface area contributed by atoms with E-state index in [0.717, 1.165) is 12.3 Å². The first-order valence-corrected chi connectivity index (χ1v) is 10.6. The third kappa shape index (κ3) is 4.54. The van der Waals surface area contributed by atoms with Crippen LogP contribution in [0.3, 0.4) is 0 Å². The van der Waals surface area contributed by atoms with Crippen molar-refractivity contribution in [1.29, 1.82) is 0 Å². The topological polar surface area (TPSA) is 58.4 Å². The van der Waals surface area contributed by atoms with Crippen LogP contribution in [0.15, 0.2) is 47.7 Å². The van der Waals surface area contributed by atoms with Gasteiger partial charge in [-0.2, -0.15) is 0 Å². The monoisotopic (exact) mass is 456 g/mol. The highest BCUT2D eigenvalue weighted by atomic mass is 19.1. The molecule has 9 heteroatoms. The standard InChI is InChI=1S/C24H23F3N4O2/c1-29-9-11-30(12-10-29)23-19(26)13-17-22(21(23)27)31(8-6-25)15-18(24(17)33)20(32)5-4-16-3-2-7-28-14-16/h2-5,7,13-15H,6,8-12H2,1H3. The van der Waals surface area contributed by atoms with Crippen LogP contribution in [0.5, 0.6) is 0 Å². The Labute approximate surface area is 188 Å². The third-order valence-electron chi connectivity index (χ3n) is 5.75. The lowest BCUT2D eigenvalue weighted by Crippen LogP contribution is -2.45. The molecule has 4 rings (SSSR count). The largest absolute Gasteiger partial charge is 0.364 e. The van der Waals surface area contributed by atoms with Gasteiger partial charge in [-0.3, -0.25) is 14.6 Å². The Hall–Kier alpha value is -3.46. The Morgan fingerprint density at radius 2 is 1.97 bits per heavy atom. The van der Waals surface area contributed by atoms with Gasteiger partial charge in [0.25, 0.3) is 0 Å². The average molecular weight is 456 g/mol. The van der Waals surface area contributed by atoms with E-state index in [1.807, 2.05) is 11.9 Å². The van der Waals surface area contributed by atoms with E-state index in [1.54, 1.807) is 23.2 Å². The van der Waals surface area contributed by atoms with Crippen LogP contribution in [-0.2, 0) is 6.54 Å². The SMILES string of the molecule is CN1CCN(c2c(F)cc3c(=O)c(C(=O)C=Cc4cccnc4)cn(CCF)c3c2F)CC1.